The quantitative estimate of drug-likeness (QED) is 0.858. The Morgan fingerprint density at radius 3 is 2.33 bits per heavy atom. The summed E-state index contributed by atoms with van der Waals surface area (Å²) in [7, 11) is 0. The molecule has 1 unspecified atom stereocenters. The lowest BCUT2D eigenvalue weighted by Gasteiger charge is -2.25. The molecule has 0 radical (unpaired) electrons. The van der Waals surface area contributed by atoms with Crippen LogP contribution in [0.4, 0.5) is 5.69 Å². The molecule has 1 aromatic rings. The lowest BCUT2D eigenvalue weighted by molar-refractivity contribution is -0.117. The van der Waals surface area contributed by atoms with Crippen LogP contribution in [0.2, 0.25) is 5.02 Å². The van der Waals surface area contributed by atoms with Crippen molar-refractivity contribution in [3.63, 3.8) is 0 Å². The van der Waals surface area contributed by atoms with Gasteiger partial charge in [0.2, 0.25) is 5.91 Å². The smallest absolute Gasteiger partial charge is 0.225 e. The van der Waals surface area contributed by atoms with E-state index in [1.807, 2.05) is 12.1 Å². The standard InChI is InChI=1S/C14H21ClN2O/c1-4-17(5-2)11(3)10-14(18)16-13-8-6-12(15)7-9-13/h6-9,11H,4-5,10H2,1-3H3,(H,16,18). The van der Waals surface area contributed by atoms with Gasteiger partial charge in [0.05, 0.1) is 0 Å². The molecule has 0 saturated carbocycles. The number of hydrogen-bond donors (Lipinski definition) is 1. The van der Waals surface area contributed by atoms with Crippen LogP contribution in [-0.2, 0) is 4.79 Å². The van der Waals surface area contributed by atoms with Crippen LogP contribution >= 0.6 is 11.6 Å². The van der Waals surface area contributed by atoms with Crippen molar-refractivity contribution in [2.75, 3.05) is 18.4 Å². The summed E-state index contributed by atoms with van der Waals surface area (Å²) in [5.74, 6) is 0.0386. The molecular weight excluding hydrogens is 248 g/mol. The zero-order valence-electron chi connectivity index (χ0n) is 11.2. The van der Waals surface area contributed by atoms with Gasteiger partial charge in [-0.15, -0.1) is 0 Å². The zero-order chi connectivity index (χ0) is 13.5. The minimum atomic E-state index is 0.0386. The average Bonchev–Trinajstić information content (AvgIpc) is 2.33. The van der Waals surface area contributed by atoms with E-state index in [-0.39, 0.29) is 11.9 Å². The predicted octanol–water partition coefficient (Wildman–Crippen LogP) is 3.40. The molecule has 1 rings (SSSR count). The fourth-order valence-corrected chi connectivity index (χ4v) is 2.12. The van der Waals surface area contributed by atoms with Gasteiger partial charge in [0.1, 0.15) is 0 Å². The van der Waals surface area contributed by atoms with Gasteiger partial charge in [0.15, 0.2) is 0 Å². The third kappa shape index (κ3) is 4.67. The second kappa shape index (κ2) is 7.39. The first-order chi connectivity index (χ1) is 8.56. The van der Waals surface area contributed by atoms with Gasteiger partial charge in [-0.3, -0.25) is 4.79 Å². The Balaban J connectivity index is 2.48. The van der Waals surface area contributed by atoms with Gasteiger partial charge in [0.25, 0.3) is 0 Å². The monoisotopic (exact) mass is 268 g/mol. The Kier molecular flexibility index (Phi) is 6.16. The van der Waals surface area contributed by atoms with Crippen LogP contribution < -0.4 is 5.32 Å². The number of nitrogens with one attached hydrogen (secondary N) is 1. The number of carbonyl (C=O) groups excluding carboxylic acids is 1. The van der Waals surface area contributed by atoms with Crippen LogP contribution in [0.1, 0.15) is 27.2 Å². The number of hydrogen-bond acceptors (Lipinski definition) is 2. The van der Waals surface area contributed by atoms with E-state index >= 15 is 0 Å². The molecule has 0 aliphatic carbocycles. The van der Waals surface area contributed by atoms with Crippen molar-refractivity contribution in [3.05, 3.63) is 29.3 Å². The number of halogens is 1. The third-order valence-electron chi connectivity index (χ3n) is 3.04. The van der Waals surface area contributed by atoms with Crippen LogP contribution in [0.15, 0.2) is 24.3 Å². The van der Waals surface area contributed by atoms with E-state index in [2.05, 4.69) is 31.0 Å². The number of carbonyl (C=O) groups is 1. The van der Waals surface area contributed by atoms with Crippen LogP contribution in [0.25, 0.3) is 0 Å². The number of amides is 1. The molecule has 1 amide bonds. The Morgan fingerprint density at radius 1 is 1.28 bits per heavy atom. The van der Waals surface area contributed by atoms with Crippen molar-refractivity contribution in [1.29, 1.82) is 0 Å². The fraction of sp³-hybridized carbons (Fsp3) is 0.500. The fourth-order valence-electron chi connectivity index (χ4n) is 1.99. The molecule has 1 aromatic carbocycles. The Bertz CT molecular complexity index is 374. The molecule has 0 heterocycles. The molecule has 0 fully saturated rings. The molecule has 3 nitrogen and oxygen atoms in total. The van der Waals surface area contributed by atoms with E-state index in [1.54, 1.807) is 12.1 Å². The zero-order valence-corrected chi connectivity index (χ0v) is 12.0. The average molecular weight is 269 g/mol. The molecule has 0 spiro atoms. The van der Waals surface area contributed by atoms with Gasteiger partial charge in [-0.25, -0.2) is 0 Å². The molecule has 0 bridgehead atoms. The van der Waals surface area contributed by atoms with Crippen molar-refractivity contribution in [2.24, 2.45) is 0 Å². The largest absolute Gasteiger partial charge is 0.326 e. The van der Waals surface area contributed by atoms with Gasteiger partial charge < -0.3 is 10.2 Å². The van der Waals surface area contributed by atoms with E-state index in [4.69, 9.17) is 11.6 Å². The Labute approximate surface area is 114 Å². The summed E-state index contributed by atoms with van der Waals surface area (Å²) < 4.78 is 0. The third-order valence-corrected chi connectivity index (χ3v) is 3.30. The second-order valence-corrected chi connectivity index (χ2v) is 4.77. The molecule has 1 atom stereocenters. The van der Waals surface area contributed by atoms with E-state index in [0.29, 0.717) is 11.4 Å². The van der Waals surface area contributed by atoms with Crippen LogP contribution in [0, 0.1) is 0 Å². The molecule has 1 N–H and O–H groups in total. The maximum atomic E-state index is 11.9. The molecule has 0 aliphatic rings. The summed E-state index contributed by atoms with van der Waals surface area (Å²) in [5, 5.41) is 3.55. The van der Waals surface area contributed by atoms with Gasteiger partial charge >= 0.3 is 0 Å². The van der Waals surface area contributed by atoms with Crippen molar-refractivity contribution in [1.82, 2.24) is 4.90 Å². The van der Waals surface area contributed by atoms with Crippen molar-refractivity contribution < 1.29 is 4.79 Å². The molecule has 0 aliphatic heterocycles. The summed E-state index contributed by atoms with van der Waals surface area (Å²) in [6, 6.07) is 7.41. The highest BCUT2D eigenvalue weighted by atomic mass is 35.5. The van der Waals surface area contributed by atoms with E-state index in [1.165, 1.54) is 0 Å². The predicted molar refractivity (Wildman–Crippen MR) is 77.1 cm³/mol. The normalized spacial score (nSPS) is 12.5. The number of anilines is 1. The highest BCUT2D eigenvalue weighted by Crippen LogP contribution is 2.14. The summed E-state index contributed by atoms with van der Waals surface area (Å²) in [6.07, 6.45) is 0.504. The first-order valence-electron chi connectivity index (χ1n) is 6.36. The SMILES string of the molecule is CCN(CC)C(C)CC(=O)Nc1ccc(Cl)cc1. The molecule has 100 valence electrons. The number of nitrogens with zero attached hydrogens (tertiary/aromatic N) is 1. The van der Waals surface area contributed by atoms with Gasteiger partial charge in [0, 0.05) is 23.2 Å². The molecule has 0 aromatic heterocycles. The van der Waals surface area contributed by atoms with Crippen molar-refractivity contribution in [3.8, 4) is 0 Å². The number of benzene rings is 1. The highest BCUT2D eigenvalue weighted by Gasteiger charge is 2.14. The Morgan fingerprint density at radius 2 is 1.83 bits per heavy atom. The molecule has 18 heavy (non-hydrogen) atoms. The topological polar surface area (TPSA) is 32.3 Å². The van der Waals surface area contributed by atoms with Crippen LogP contribution in [0.5, 0.6) is 0 Å². The second-order valence-electron chi connectivity index (χ2n) is 4.33. The lowest BCUT2D eigenvalue weighted by Crippen LogP contribution is -2.35. The van der Waals surface area contributed by atoms with E-state index < -0.39 is 0 Å². The molecule has 4 heteroatoms. The maximum Gasteiger partial charge on any atom is 0.225 e. The van der Waals surface area contributed by atoms with Crippen molar-refractivity contribution >= 4 is 23.2 Å². The van der Waals surface area contributed by atoms with Gasteiger partial charge in [-0.2, -0.15) is 0 Å². The highest BCUT2D eigenvalue weighted by molar-refractivity contribution is 6.30. The summed E-state index contributed by atoms with van der Waals surface area (Å²) >= 11 is 5.79. The van der Waals surface area contributed by atoms with Gasteiger partial charge in [-0.1, -0.05) is 25.4 Å². The first kappa shape index (κ1) is 15.0. The van der Waals surface area contributed by atoms with Gasteiger partial charge in [-0.05, 0) is 44.3 Å². The van der Waals surface area contributed by atoms with Crippen LogP contribution in [-0.4, -0.2) is 29.9 Å². The first-order valence-corrected chi connectivity index (χ1v) is 6.74. The summed E-state index contributed by atoms with van der Waals surface area (Å²) in [5.41, 5.74) is 0.788. The minimum absolute atomic E-state index is 0.0386. The molecule has 0 saturated heterocycles. The van der Waals surface area contributed by atoms with E-state index in [9.17, 15) is 4.79 Å². The lowest BCUT2D eigenvalue weighted by atomic mass is 10.2. The van der Waals surface area contributed by atoms with E-state index in [0.717, 1.165) is 18.8 Å². The Hall–Kier alpha value is -1.06. The molecular formula is C14H21ClN2O. The summed E-state index contributed by atoms with van der Waals surface area (Å²) in [4.78, 5) is 14.1. The maximum absolute atomic E-state index is 11.9. The van der Waals surface area contributed by atoms with Crippen LogP contribution in [0.3, 0.4) is 0 Å². The number of rotatable bonds is 6. The minimum Gasteiger partial charge on any atom is -0.326 e. The van der Waals surface area contributed by atoms with Crippen molar-refractivity contribution in [2.45, 2.75) is 33.2 Å². The summed E-state index contributed by atoms with van der Waals surface area (Å²) in [6.45, 7) is 8.22.